The predicted molar refractivity (Wildman–Crippen MR) is 79.2 cm³/mol. The van der Waals surface area contributed by atoms with Crippen LogP contribution in [0.3, 0.4) is 0 Å². The fourth-order valence-electron chi connectivity index (χ4n) is 1.97. The van der Waals surface area contributed by atoms with Crippen LogP contribution in [0.25, 0.3) is 0 Å². The van der Waals surface area contributed by atoms with Crippen molar-refractivity contribution in [3.05, 3.63) is 65.2 Å². The molecule has 0 saturated heterocycles. The monoisotopic (exact) mass is 301 g/mol. The highest BCUT2D eigenvalue weighted by atomic mass is 19.1. The first kappa shape index (κ1) is 15.6. The van der Waals surface area contributed by atoms with Crippen molar-refractivity contribution < 1.29 is 14.0 Å². The Bertz CT molecular complexity index is 669. The molecule has 114 valence electrons. The lowest BCUT2D eigenvalue weighted by atomic mass is 10.1. The number of benzene rings is 1. The molecule has 3 N–H and O–H groups in total. The molecular formula is C16H16FN3O2. The Kier molecular flexibility index (Phi) is 4.83. The van der Waals surface area contributed by atoms with Gasteiger partial charge in [-0.25, -0.2) is 4.39 Å². The molecule has 0 bridgehead atoms. The number of nitrogens with two attached hydrogens (primary N) is 1. The molecule has 1 heterocycles. The Morgan fingerprint density at radius 1 is 1.23 bits per heavy atom. The fraction of sp³-hybridized carbons (Fsp3) is 0.188. The molecule has 1 aromatic heterocycles. The highest BCUT2D eigenvalue weighted by molar-refractivity contribution is 5.88. The number of hydrogen-bond donors (Lipinski definition) is 2. The molecule has 2 aromatic rings. The van der Waals surface area contributed by atoms with Crippen LogP contribution in [-0.4, -0.2) is 16.8 Å². The van der Waals surface area contributed by atoms with E-state index in [-0.39, 0.29) is 12.3 Å². The van der Waals surface area contributed by atoms with E-state index in [9.17, 15) is 14.0 Å². The molecule has 0 spiro atoms. The van der Waals surface area contributed by atoms with E-state index >= 15 is 0 Å². The molecule has 1 atom stereocenters. The van der Waals surface area contributed by atoms with Crippen molar-refractivity contribution in [1.82, 2.24) is 10.3 Å². The average Bonchev–Trinajstić information content (AvgIpc) is 2.48. The minimum absolute atomic E-state index is 0.0816. The predicted octanol–water partition coefficient (Wildman–Crippen LogP) is 1.41. The van der Waals surface area contributed by atoms with Gasteiger partial charge in [0, 0.05) is 11.9 Å². The van der Waals surface area contributed by atoms with Crippen LogP contribution >= 0.6 is 0 Å². The van der Waals surface area contributed by atoms with Crippen LogP contribution in [-0.2, 0) is 16.0 Å². The third kappa shape index (κ3) is 4.12. The average molecular weight is 301 g/mol. The Balaban J connectivity index is 2.07. The van der Waals surface area contributed by atoms with E-state index < -0.39 is 17.8 Å². The summed E-state index contributed by atoms with van der Waals surface area (Å²) >= 11 is 0. The quantitative estimate of drug-likeness (QED) is 0.875. The minimum atomic E-state index is -0.994. The number of carbonyl (C=O) groups is 2. The number of halogens is 1. The van der Waals surface area contributed by atoms with Crippen LogP contribution in [0.15, 0.2) is 42.6 Å². The highest BCUT2D eigenvalue weighted by Crippen LogP contribution is 2.14. The highest BCUT2D eigenvalue weighted by Gasteiger charge is 2.20. The normalized spacial score (nSPS) is 11.7. The zero-order chi connectivity index (χ0) is 16.1. The number of nitrogens with one attached hydrogen (secondary N) is 1. The van der Waals surface area contributed by atoms with Gasteiger partial charge in [0.15, 0.2) is 0 Å². The number of hydrogen-bond acceptors (Lipinski definition) is 3. The maximum atomic E-state index is 12.9. The van der Waals surface area contributed by atoms with Crippen molar-refractivity contribution in [2.75, 3.05) is 0 Å². The summed E-state index contributed by atoms with van der Waals surface area (Å²) in [4.78, 5) is 27.7. The van der Waals surface area contributed by atoms with Gasteiger partial charge in [-0.1, -0.05) is 18.2 Å². The van der Waals surface area contributed by atoms with Crippen LogP contribution in [0.1, 0.15) is 22.9 Å². The lowest BCUT2D eigenvalue weighted by Gasteiger charge is -2.16. The van der Waals surface area contributed by atoms with E-state index in [4.69, 9.17) is 5.73 Å². The van der Waals surface area contributed by atoms with Crippen LogP contribution in [0.5, 0.6) is 0 Å². The Morgan fingerprint density at radius 3 is 2.45 bits per heavy atom. The smallest absolute Gasteiger partial charge is 0.244 e. The van der Waals surface area contributed by atoms with E-state index in [1.165, 1.54) is 24.3 Å². The third-order valence-corrected chi connectivity index (χ3v) is 3.13. The number of aromatic nitrogens is 1. The van der Waals surface area contributed by atoms with Gasteiger partial charge in [-0.2, -0.15) is 0 Å². The molecule has 1 aromatic carbocycles. The largest absolute Gasteiger partial charge is 0.368 e. The minimum Gasteiger partial charge on any atom is -0.368 e. The van der Waals surface area contributed by atoms with Crippen LogP contribution in [0.4, 0.5) is 4.39 Å². The van der Waals surface area contributed by atoms with Gasteiger partial charge in [0.05, 0.1) is 6.42 Å². The van der Waals surface area contributed by atoms with E-state index in [0.717, 1.165) is 11.3 Å². The van der Waals surface area contributed by atoms with Crippen molar-refractivity contribution >= 4 is 11.8 Å². The fourth-order valence-corrected chi connectivity index (χ4v) is 1.97. The lowest BCUT2D eigenvalue weighted by Crippen LogP contribution is -2.38. The van der Waals surface area contributed by atoms with E-state index in [0.29, 0.717) is 5.56 Å². The first-order valence-electron chi connectivity index (χ1n) is 6.71. The van der Waals surface area contributed by atoms with Gasteiger partial charge < -0.3 is 11.1 Å². The van der Waals surface area contributed by atoms with E-state index in [1.54, 1.807) is 18.3 Å². The van der Waals surface area contributed by atoms with Gasteiger partial charge in [0.25, 0.3) is 0 Å². The molecule has 0 radical (unpaired) electrons. The molecule has 2 rings (SSSR count). The molecule has 0 aliphatic rings. The zero-order valence-corrected chi connectivity index (χ0v) is 12.0. The summed E-state index contributed by atoms with van der Waals surface area (Å²) in [6, 6.07) is 7.85. The van der Waals surface area contributed by atoms with Gasteiger partial charge in [0.2, 0.25) is 11.8 Å². The van der Waals surface area contributed by atoms with Crippen LogP contribution in [0, 0.1) is 12.7 Å². The van der Waals surface area contributed by atoms with Crippen molar-refractivity contribution in [3.8, 4) is 0 Å². The molecule has 0 saturated carbocycles. The maximum absolute atomic E-state index is 12.9. The summed E-state index contributed by atoms with van der Waals surface area (Å²) in [6.45, 7) is 1.85. The Morgan fingerprint density at radius 2 is 1.91 bits per heavy atom. The van der Waals surface area contributed by atoms with Crippen molar-refractivity contribution in [2.24, 2.45) is 5.73 Å². The number of aryl methyl sites for hydroxylation is 1. The zero-order valence-electron chi connectivity index (χ0n) is 12.0. The second-order valence-corrected chi connectivity index (χ2v) is 4.94. The number of primary amides is 1. The topological polar surface area (TPSA) is 85.1 Å². The number of amides is 2. The second-order valence-electron chi connectivity index (χ2n) is 4.94. The molecule has 0 aliphatic heterocycles. The molecule has 0 aliphatic carbocycles. The number of rotatable bonds is 5. The summed E-state index contributed by atoms with van der Waals surface area (Å²) in [6.07, 6.45) is 1.68. The van der Waals surface area contributed by atoms with Crippen molar-refractivity contribution in [3.63, 3.8) is 0 Å². The van der Waals surface area contributed by atoms with Crippen LogP contribution in [0.2, 0.25) is 0 Å². The van der Waals surface area contributed by atoms with Gasteiger partial charge in [-0.05, 0) is 36.2 Å². The number of carbonyl (C=O) groups excluding carboxylic acids is 2. The first-order chi connectivity index (χ1) is 10.5. The first-order valence-corrected chi connectivity index (χ1v) is 6.71. The second kappa shape index (κ2) is 6.80. The third-order valence-electron chi connectivity index (χ3n) is 3.13. The van der Waals surface area contributed by atoms with Gasteiger partial charge in [-0.15, -0.1) is 0 Å². The summed E-state index contributed by atoms with van der Waals surface area (Å²) < 4.78 is 12.9. The van der Waals surface area contributed by atoms with E-state index in [2.05, 4.69) is 10.3 Å². The van der Waals surface area contributed by atoms with Crippen LogP contribution < -0.4 is 11.1 Å². The molecule has 5 nitrogen and oxygen atoms in total. The molecule has 22 heavy (non-hydrogen) atoms. The summed E-state index contributed by atoms with van der Waals surface area (Å²) in [5.41, 5.74) is 7.32. The molecule has 0 fully saturated rings. The van der Waals surface area contributed by atoms with Crippen molar-refractivity contribution in [2.45, 2.75) is 19.4 Å². The number of nitrogens with zero attached hydrogens (tertiary/aromatic N) is 1. The maximum Gasteiger partial charge on any atom is 0.244 e. The van der Waals surface area contributed by atoms with E-state index in [1.807, 2.05) is 6.92 Å². The summed E-state index contributed by atoms with van der Waals surface area (Å²) in [5.74, 6) is -1.50. The molecular weight excluding hydrogens is 285 g/mol. The molecule has 2 amide bonds. The lowest BCUT2D eigenvalue weighted by molar-refractivity contribution is -0.127. The standard InChI is InChI=1S/C16H16FN3O2/c1-10-2-3-11(9-19-10)8-14(21)20-15(16(18)22)12-4-6-13(17)7-5-12/h2-7,9,15H,8H2,1H3,(H2,18,22)(H,20,21)/t15-/m1/s1. The molecule has 6 heteroatoms. The van der Waals surface area contributed by atoms with Gasteiger partial charge in [-0.3, -0.25) is 14.6 Å². The Hall–Kier alpha value is -2.76. The van der Waals surface area contributed by atoms with Crippen molar-refractivity contribution in [1.29, 1.82) is 0 Å². The van der Waals surface area contributed by atoms with Gasteiger partial charge in [0.1, 0.15) is 11.9 Å². The summed E-state index contributed by atoms with van der Waals surface area (Å²) in [5, 5.41) is 2.55. The SMILES string of the molecule is Cc1ccc(CC(=O)N[C@@H](C(N)=O)c2ccc(F)cc2)cn1. The number of pyridine rings is 1. The molecule has 0 unspecified atom stereocenters. The summed E-state index contributed by atoms with van der Waals surface area (Å²) in [7, 11) is 0. The van der Waals surface area contributed by atoms with Gasteiger partial charge >= 0.3 is 0 Å². The Labute approximate surface area is 127 Å².